The fraction of sp³-hybridized carbons (Fsp3) is 0.375. The highest BCUT2D eigenvalue weighted by molar-refractivity contribution is 8.07. The van der Waals surface area contributed by atoms with Gasteiger partial charge in [0.05, 0.1) is 14.9 Å². The van der Waals surface area contributed by atoms with Crippen LogP contribution in [0.1, 0.15) is 48.7 Å². The Morgan fingerprint density at radius 2 is 1.76 bits per heavy atom. The van der Waals surface area contributed by atoms with Crippen LogP contribution in [0.3, 0.4) is 0 Å². The van der Waals surface area contributed by atoms with Crippen LogP contribution in [0.25, 0.3) is 0 Å². The molecule has 45 heavy (non-hydrogen) atoms. The van der Waals surface area contributed by atoms with Gasteiger partial charge in [-0.15, -0.1) is 23.1 Å². The molecule has 13 heteroatoms. The van der Waals surface area contributed by atoms with E-state index in [0.29, 0.717) is 23.8 Å². The maximum atomic E-state index is 14.1. The molecule has 1 fully saturated rings. The van der Waals surface area contributed by atoms with E-state index in [1.165, 1.54) is 16.7 Å². The van der Waals surface area contributed by atoms with Crippen LogP contribution in [0.2, 0.25) is 0 Å². The second-order valence-electron chi connectivity index (χ2n) is 11.4. The molecule has 2 aliphatic rings. The highest BCUT2D eigenvalue weighted by Gasteiger charge is 2.52. The summed E-state index contributed by atoms with van der Waals surface area (Å²) in [7, 11) is 0. The highest BCUT2D eigenvalue weighted by atomic mass is 32.2. The molecule has 0 bridgehead atoms. The summed E-state index contributed by atoms with van der Waals surface area (Å²) in [6.07, 6.45) is -1.09. The van der Waals surface area contributed by atoms with Crippen molar-refractivity contribution in [2.75, 3.05) is 18.1 Å². The second-order valence-corrected chi connectivity index (χ2v) is 16.1. The smallest absolute Gasteiger partial charge is 0.407 e. The lowest BCUT2D eigenvalue weighted by atomic mass is 10.0. The number of nitrogens with one attached hydrogen (secondary N) is 1. The molecule has 0 saturated carbocycles. The molecule has 0 aliphatic carbocycles. The third-order valence-corrected chi connectivity index (χ3v) is 11.5. The second kappa shape index (κ2) is 14.6. The Bertz CT molecular complexity index is 1520. The Morgan fingerprint density at radius 1 is 1.11 bits per heavy atom. The fourth-order valence-corrected chi connectivity index (χ4v) is 9.53. The Kier molecular flexibility index (Phi) is 10.9. The molecule has 3 N–H and O–H groups in total. The van der Waals surface area contributed by atoms with Crippen molar-refractivity contribution in [3.05, 3.63) is 93.1 Å². The Morgan fingerprint density at radius 3 is 2.38 bits per heavy atom. The number of alkyl carbamates (subject to hydrolysis) is 1. The first-order chi connectivity index (χ1) is 21.5. The molecule has 3 heterocycles. The minimum absolute atomic E-state index is 0.249. The number of nitrogens with zero attached hydrogens (tertiary/aromatic N) is 2. The zero-order chi connectivity index (χ0) is 32.1. The van der Waals surface area contributed by atoms with E-state index in [4.69, 9.17) is 20.2 Å². The SMILES string of the molecule is Cc1nc(CSCCNC(=O)OC(C)(C)C)c(SC2=C(C(=O)OC(c3ccccc3)c3ccccc3)N3C(=O)[C@@H](N)[C@H]3SC2)s1. The van der Waals surface area contributed by atoms with E-state index < -0.39 is 29.8 Å². The predicted molar refractivity (Wildman–Crippen MR) is 182 cm³/mol. The minimum atomic E-state index is -0.657. The maximum Gasteiger partial charge on any atom is 0.407 e. The molecule has 3 aromatic rings. The first kappa shape index (κ1) is 33.4. The van der Waals surface area contributed by atoms with Gasteiger partial charge >= 0.3 is 12.1 Å². The number of fused-ring (bicyclic) bond motifs is 1. The topological polar surface area (TPSA) is 124 Å². The van der Waals surface area contributed by atoms with Crippen molar-refractivity contribution >= 4 is 64.6 Å². The lowest BCUT2D eigenvalue weighted by Crippen LogP contribution is -2.68. The lowest BCUT2D eigenvalue weighted by Gasteiger charge is -2.48. The van der Waals surface area contributed by atoms with E-state index in [9.17, 15) is 14.4 Å². The van der Waals surface area contributed by atoms with Crippen LogP contribution in [0.5, 0.6) is 0 Å². The maximum absolute atomic E-state index is 14.1. The van der Waals surface area contributed by atoms with Crippen molar-refractivity contribution in [2.24, 2.45) is 5.73 Å². The number of aryl methyl sites for hydroxylation is 1. The van der Waals surface area contributed by atoms with Gasteiger partial charge in [0.15, 0.2) is 6.10 Å². The number of nitrogens with two attached hydrogens (primary N) is 1. The summed E-state index contributed by atoms with van der Waals surface area (Å²) in [5, 5.41) is 3.37. The number of rotatable bonds is 11. The van der Waals surface area contributed by atoms with Crippen LogP contribution in [-0.2, 0) is 24.8 Å². The molecule has 0 radical (unpaired) electrons. The van der Waals surface area contributed by atoms with Gasteiger partial charge in [-0.1, -0.05) is 72.4 Å². The molecule has 2 aliphatic heterocycles. The van der Waals surface area contributed by atoms with Gasteiger partial charge < -0.3 is 20.5 Å². The summed E-state index contributed by atoms with van der Waals surface area (Å²) in [5.41, 5.74) is 8.40. The van der Waals surface area contributed by atoms with E-state index in [1.807, 2.05) is 88.4 Å². The van der Waals surface area contributed by atoms with E-state index in [2.05, 4.69) is 5.32 Å². The molecular weight excluding hydrogens is 649 g/mol. The van der Waals surface area contributed by atoms with Gasteiger partial charge in [-0.05, 0) is 38.8 Å². The number of ether oxygens (including phenoxy) is 2. The number of β-lactam (4-membered cyclic amide) rings is 1. The van der Waals surface area contributed by atoms with Gasteiger partial charge in [0.25, 0.3) is 0 Å². The van der Waals surface area contributed by atoms with Crippen molar-refractivity contribution < 1.29 is 23.9 Å². The average molecular weight is 685 g/mol. The van der Waals surface area contributed by atoms with E-state index in [1.54, 1.807) is 34.9 Å². The number of hydrogen-bond donors (Lipinski definition) is 2. The van der Waals surface area contributed by atoms with Crippen LogP contribution >= 0.6 is 46.6 Å². The molecule has 1 saturated heterocycles. The van der Waals surface area contributed by atoms with Gasteiger partial charge in [0, 0.05) is 28.7 Å². The van der Waals surface area contributed by atoms with Crippen LogP contribution in [0.15, 0.2) is 75.5 Å². The summed E-state index contributed by atoms with van der Waals surface area (Å²) in [4.78, 5) is 46.0. The monoisotopic (exact) mass is 684 g/mol. The fourth-order valence-electron chi connectivity index (χ4n) is 4.75. The molecule has 5 rings (SSSR count). The van der Waals surface area contributed by atoms with E-state index >= 15 is 0 Å². The predicted octanol–water partition coefficient (Wildman–Crippen LogP) is 6.09. The number of thioether (sulfide) groups is 3. The van der Waals surface area contributed by atoms with Crippen LogP contribution < -0.4 is 11.1 Å². The molecule has 1 aromatic heterocycles. The van der Waals surface area contributed by atoms with Gasteiger partial charge in [-0.3, -0.25) is 9.69 Å². The van der Waals surface area contributed by atoms with Gasteiger partial charge in [-0.25, -0.2) is 14.6 Å². The molecule has 2 amide bonds. The number of amides is 2. The Balaban J connectivity index is 1.35. The Labute approximate surface area is 280 Å². The number of carbonyl (C=O) groups is 3. The zero-order valence-corrected chi connectivity index (χ0v) is 28.7. The molecule has 2 atom stereocenters. The van der Waals surface area contributed by atoms with E-state index in [0.717, 1.165) is 30.9 Å². The molecule has 2 aromatic carbocycles. The summed E-state index contributed by atoms with van der Waals surface area (Å²) in [6, 6.07) is 18.5. The standard InChI is InChI=1S/C32H36N4O5S4/c1-19-35-22(17-42-16-15-34-31(39)41-32(2,3)4)30(44-19)45-23-18-43-28-24(33)27(37)36(28)25(23)29(38)40-26(20-11-7-5-8-12-20)21-13-9-6-10-14-21/h5-14,24,26,28H,15-18,33H2,1-4H3,(H,34,39)/t24-,28-/m1/s1. The number of benzene rings is 2. The summed E-state index contributed by atoms with van der Waals surface area (Å²) < 4.78 is 12.5. The minimum Gasteiger partial charge on any atom is -0.448 e. The third kappa shape index (κ3) is 8.25. The molecule has 238 valence electrons. The number of aromatic nitrogens is 1. The van der Waals surface area contributed by atoms with Gasteiger partial charge in [0.1, 0.15) is 22.7 Å². The molecule has 0 unspecified atom stereocenters. The average Bonchev–Trinajstić information content (AvgIpc) is 3.37. The van der Waals surface area contributed by atoms with Crippen molar-refractivity contribution in [3.63, 3.8) is 0 Å². The first-order valence-electron chi connectivity index (χ1n) is 14.4. The molecule has 9 nitrogen and oxygen atoms in total. The van der Waals surface area contributed by atoms with E-state index in [-0.39, 0.29) is 17.0 Å². The third-order valence-electron chi connectivity index (χ3n) is 6.74. The summed E-state index contributed by atoms with van der Waals surface area (Å²) in [6.45, 7) is 7.89. The lowest BCUT2D eigenvalue weighted by molar-refractivity contribution is -0.152. The van der Waals surface area contributed by atoms with Crippen LogP contribution in [-0.4, -0.2) is 62.9 Å². The molecule has 0 spiro atoms. The van der Waals surface area contributed by atoms with Crippen molar-refractivity contribution in [2.45, 2.75) is 60.8 Å². The van der Waals surface area contributed by atoms with Crippen LogP contribution in [0.4, 0.5) is 4.79 Å². The number of thiazole rings is 1. The highest BCUT2D eigenvalue weighted by Crippen LogP contribution is 2.47. The first-order valence-corrected chi connectivity index (χ1v) is 18.3. The summed E-state index contributed by atoms with van der Waals surface area (Å²) in [5.74, 6) is 0.969. The van der Waals surface area contributed by atoms with Gasteiger partial charge in [0.2, 0.25) is 5.91 Å². The Hall–Kier alpha value is -2.97. The van der Waals surface area contributed by atoms with Crippen molar-refractivity contribution in [3.8, 4) is 0 Å². The zero-order valence-electron chi connectivity index (χ0n) is 25.5. The number of hydrogen-bond acceptors (Lipinski definition) is 11. The molecular formula is C32H36N4O5S4. The largest absolute Gasteiger partial charge is 0.448 e. The number of esters is 1. The summed E-state index contributed by atoms with van der Waals surface area (Å²) >= 11 is 6.21. The van der Waals surface area contributed by atoms with Crippen LogP contribution in [0, 0.1) is 6.92 Å². The van der Waals surface area contributed by atoms with Crippen molar-refractivity contribution in [1.82, 2.24) is 15.2 Å². The number of carbonyl (C=O) groups excluding carboxylic acids is 3. The quantitative estimate of drug-likeness (QED) is 0.139. The van der Waals surface area contributed by atoms with Gasteiger partial charge in [-0.2, -0.15) is 11.8 Å². The normalized spacial score (nSPS) is 18.0. The van der Waals surface area contributed by atoms with Crippen molar-refractivity contribution in [1.29, 1.82) is 0 Å².